The van der Waals surface area contributed by atoms with Crippen molar-refractivity contribution in [1.82, 2.24) is 4.57 Å². The Hall–Kier alpha value is -2.08. The first-order valence-corrected chi connectivity index (χ1v) is 7.61. The molecule has 3 aromatic rings. The number of benzene rings is 2. The zero-order valence-electron chi connectivity index (χ0n) is 11.2. The number of halogens is 1. The van der Waals surface area contributed by atoms with E-state index in [0.717, 1.165) is 14.9 Å². The van der Waals surface area contributed by atoms with Crippen LogP contribution in [0.1, 0.15) is 10.4 Å². The molecule has 0 atom stereocenters. The first kappa shape index (κ1) is 13.9. The molecule has 0 aliphatic heterocycles. The SMILES string of the molecule is O=C(Nc1cccc(-n2cccc2)c1)c1ccccc1I. The Morgan fingerprint density at radius 3 is 2.48 bits per heavy atom. The molecular formula is C17H13IN2O. The van der Waals surface area contributed by atoms with Crippen LogP contribution in [0.25, 0.3) is 5.69 Å². The van der Waals surface area contributed by atoms with Gasteiger partial charge in [0.2, 0.25) is 0 Å². The molecule has 3 rings (SSSR count). The molecule has 1 aromatic heterocycles. The summed E-state index contributed by atoms with van der Waals surface area (Å²) >= 11 is 2.17. The number of carbonyl (C=O) groups excluding carboxylic acids is 1. The Morgan fingerprint density at radius 2 is 1.71 bits per heavy atom. The van der Waals surface area contributed by atoms with Gasteiger partial charge < -0.3 is 9.88 Å². The number of nitrogens with one attached hydrogen (secondary N) is 1. The topological polar surface area (TPSA) is 34.0 Å². The van der Waals surface area contributed by atoms with E-state index < -0.39 is 0 Å². The van der Waals surface area contributed by atoms with Crippen LogP contribution in [0.4, 0.5) is 5.69 Å². The average molecular weight is 388 g/mol. The van der Waals surface area contributed by atoms with Gasteiger partial charge in [0, 0.05) is 27.3 Å². The van der Waals surface area contributed by atoms with Crippen LogP contribution in [0.3, 0.4) is 0 Å². The van der Waals surface area contributed by atoms with E-state index in [1.54, 1.807) is 0 Å². The highest BCUT2D eigenvalue weighted by Gasteiger charge is 2.09. The first-order valence-electron chi connectivity index (χ1n) is 6.53. The lowest BCUT2D eigenvalue weighted by atomic mass is 10.2. The van der Waals surface area contributed by atoms with Crippen LogP contribution in [-0.4, -0.2) is 10.5 Å². The normalized spacial score (nSPS) is 10.3. The van der Waals surface area contributed by atoms with Gasteiger partial charge in [-0.1, -0.05) is 18.2 Å². The zero-order chi connectivity index (χ0) is 14.7. The van der Waals surface area contributed by atoms with E-state index in [4.69, 9.17) is 0 Å². The Labute approximate surface area is 136 Å². The summed E-state index contributed by atoms with van der Waals surface area (Å²) in [7, 11) is 0. The summed E-state index contributed by atoms with van der Waals surface area (Å²) in [5.41, 5.74) is 2.48. The van der Waals surface area contributed by atoms with Crippen molar-refractivity contribution in [3.05, 3.63) is 82.2 Å². The molecule has 21 heavy (non-hydrogen) atoms. The summed E-state index contributed by atoms with van der Waals surface area (Å²) in [6.07, 6.45) is 3.95. The molecular weight excluding hydrogens is 375 g/mol. The van der Waals surface area contributed by atoms with Crippen LogP contribution in [0.2, 0.25) is 0 Å². The Bertz CT molecular complexity index is 766. The molecule has 0 spiro atoms. The van der Waals surface area contributed by atoms with Gasteiger partial charge in [-0.05, 0) is 65.1 Å². The van der Waals surface area contributed by atoms with Crippen molar-refractivity contribution in [2.75, 3.05) is 5.32 Å². The maximum Gasteiger partial charge on any atom is 0.256 e. The fourth-order valence-electron chi connectivity index (χ4n) is 2.09. The van der Waals surface area contributed by atoms with Crippen molar-refractivity contribution >= 4 is 34.2 Å². The third-order valence-corrected chi connectivity index (χ3v) is 4.07. The number of amides is 1. The smallest absolute Gasteiger partial charge is 0.256 e. The minimum absolute atomic E-state index is 0.0929. The molecule has 1 N–H and O–H groups in total. The maximum absolute atomic E-state index is 12.3. The largest absolute Gasteiger partial charge is 0.324 e. The van der Waals surface area contributed by atoms with Gasteiger partial charge in [0.1, 0.15) is 0 Å². The molecule has 1 amide bonds. The summed E-state index contributed by atoms with van der Waals surface area (Å²) in [5.74, 6) is -0.0929. The third-order valence-electron chi connectivity index (χ3n) is 3.13. The number of aromatic nitrogens is 1. The van der Waals surface area contributed by atoms with Crippen molar-refractivity contribution in [2.24, 2.45) is 0 Å². The molecule has 0 saturated heterocycles. The lowest BCUT2D eigenvalue weighted by molar-refractivity contribution is 0.102. The fourth-order valence-corrected chi connectivity index (χ4v) is 2.73. The van der Waals surface area contributed by atoms with Crippen LogP contribution in [0.5, 0.6) is 0 Å². The molecule has 3 nitrogen and oxygen atoms in total. The monoisotopic (exact) mass is 388 g/mol. The van der Waals surface area contributed by atoms with Gasteiger partial charge in [-0.25, -0.2) is 0 Å². The van der Waals surface area contributed by atoms with Gasteiger partial charge in [0.15, 0.2) is 0 Å². The highest BCUT2D eigenvalue weighted by atomic mass is 127. The predicted molar refractivity (Wildman–Crippen MR) is 92.9 cm³/mol. The minimum atomic E-state index is -0.0929. The molecule has 0 fully saturated rings. The molecule has 1 heterocycles. The van der Waals surface area contributed by atoms with Crippen LogP contribution in [0, 0.1) is 3.57 Å². The van der Waals surface area contributed by atoms with Gasteiger partial charge >= 0.3 is 0 Å². The second-order valence-electron chi connectivity index (χ2n) is 4.57. The Morgan fingerprint density at radius 1 is 0.952 bits per heavy atom. The number of anilines is 1. The van der Waals surface area contributed by atoms with Gasteiger partial charge in [0.05, 0.1) is 5.56 Å². The van der Waals surface area contributed by atoms with E-state index in [-0.39, 0.29) is 5.91 Å². The third kappa shape index (κ3) is 3.16. The van der Waals surface area contributed by atoms with Crippen LogP contribution >= 0.6 is 22.6 Å². The van der Waals surface area contributed by atoms with Crippen LogP contribution in [0.15, 0.2) is 73.1 Å². The van der Waals surface area contributed by atoms with Gasteiger partial charge in [-0.2, -0.15) is 0 Å². The minimum Gasteiger partial charge on any atom is -0.324 e. The van der Waals surface area contributed by atoms with Crippen molar-refractivity contribution in [1.29, 1.82) is 0 Å². The van der Waals surface area contributed by atoms with Crippen LogP contribution in [-0.2, 0) is 0 Å². The summed E-state index contributed by atoms with van der Waals surface area (Å²) in [6.45, 7) is 0. The molecule has 0 unspecified atom stereocenters. The fraction of sp³-hybridized carbons (Fsp3) is 0. The van der Waals surface area contributed by atoms with Crippen LogP contribution < -0.4 is 5.32 Å². The maximum atomic E-state index is 12.3. The van der Waals surface area contributed by atoms with E-state index in [1.807, 2.05) is 77.6 Å². The predicted octanol–water partition coefficient (Wildman–Crippen LogP) is 4.33. The number of nitrogens with zero attached hydrogens (tertiary/aromatic N) is 1. The van der Waals surface area contributed by atoms with Gasteiger partial charge in [-0.3, -0.25) is 4.79 Å². The Kier molecular flexibility index (Phi) is 4.06. The van der Waals surface area contributed by atoms with E-state index in [1.165, 1.54) is 0 Å². The van der Waals surface area contributed by atoms with Crippen molar-refractivity contribution < 1.29 is 4.79 Å². The zero-order valence-corrected chi connectivity index (χ0v) is 13.3. The lowest BCUT2D eigenvalue weighted by Crippen LogP contribution is -2.13. The second kappa shape index (κ2) is 6.13. The molecule has 0 bridgehead atoms. The number of carbonyl (C=O) groups is 1. The standard InChI is InChI=1S/C17H13IN2O/c18-16-9-2-1-8-15(16)17(21)19-13-6-5-7-14(12-13)20-10-3-4-11-20/h1-12H,(H,19,21). The highest BCUT2D eigenvalue weighted by Crippen LogP contribution is 2.17. The second-order valence-corrected chi connectivity index (χ2v) is 5.74. The first-order chi connectivity index (χ1) is 10.2. The quantitative estimate of drug-likeness (QED) is 0.666. The molecule has 4 heteroatoms. The average Bonchev–Trinajstić information content (AvgIpc) is 3.02. The van der Waals surface area contributed by atoms with E-state index >= 15 is 0 Å². The summed E-state index contributed by atoms with van der Waals surface area (Å²) in [4.78, 5) is 12.3. The van der Waals surface area contributed by atoms with E-state index in [0.29, 0.717) is 5.56 Å². The molecule has 2 aromatic carbocycles. The van der Waals surface area contributed by atoms with Crippen molar-refractivity contribution in [3.63, 3.8) is 0 Å². The highest BCUT2D eigenvalue weighted by molar-refractivity contribution is 14.1. The van der Waals surface area contributed by atoms with Gasteiger partial charge in [-0.15, -0.1) is 0 Å². The van der Waals surface area contributed by atoms with Gasteiger partial charge in [0.25, 0.3) is 5.91 Å². The molecule has 0 aliphatic rings. The molecule has 0 saturated carbocycles. The molecule has 0 radical (unpaired) electrons. The number of hydrogen-bond acceptors (Lipinski definition) is 1. The summed E-state index contributed by atoms with van der Waals surface area (Å²) < 4.78 is 2.94. The van der Waals surface area contributed by atoms with E-state index in [2.05, 4.69) is 27.9 Å². The Balaban J connectivity index is 1.84. The summed E-state index contributed by atoms with van der Waals surface area (Å²) in [5, 5.41) is 2.94. The summed E-state index contributed by atoms with van der Waals surface area (Å²) in [6, 6.07) is 19.3. The number of rotatable bonds is 3. The molecule has 0 aliphatic carbocycles. The van der Waals surface area contributed by atoms with E-state index in [9.17, 15) is 4.79 Å². The van der Waals surface area contributed by atoms with Crippen molar-refractivity contribution in [2.45, 2.75) is 0 Å². The lowest BCUT2D eigenvalue weighted by Gasteiger charge is -2.09. The number of hydrogen-bond donors (Lipinski definition) is 1. The van der Waals surface area contributed by atoms with Crippen molar-refractivity contribution in [3.8, 4) is 5.69 Å². The molecule has 104 valence electrons.